The van der Waals surface area contributed by atoms with Crippen LogP contribution in [-0.4, -0.2) is 5.91 Å². The van der Waals surface area contributed by atoms with Crippen molar-refractivity contribution in [2.24, 2.45) is 11.8 Å². The zero-order valence-electron chi connectivity index (χ0n) is 9.29. The third kappa shape index (κ3) is 2.58. The molecule has 0 aliphatic heterocycles. The van der Waals surface area contributed by atoms with Crippen molar-refractivity contribution >= 4 is 11.6 Å². The minimum absolute atomic E-state index is 0.154. The Balaban J connectivity index is 1.95. The lowest BCUT2D eigenvalue weighted by Crippen LogP contribution is -2.21. The van der Waals surface area contributed by atoms with Gasteiger partial charge in [0.1, 0.15) is 0 Å². The van der Waals surface area contributed by atoms with Gasteiger partial charge in [0.05, 0.1) is 0 Å². The number of benzene rings is 1. The first-order valence-corrected chi connectivity index (χ1v) is 5.54. The maximum absolute atomic E-state index is 11.8. The first-order valence-electron chi connectivity index (χ1n) is 5.54. The molecule has 2 nitrogen and oxygen atoms in total. The number of hydrogen-bond donors (Lipinski definition) is 1. The second kappa shape index (κ2) is 4.05. The van der Waals surface area contributed by atoms with Crippen LogP contribution in [0.2, 0.25) is 0 Å². The highest BCUT2D eigenvalue weighted by Crippen LogP contribution is 2.36. The third-order valence-electron chi connectivity index (χ3n) is 3.06. The molecule has 0 bridgehead atoms. The second-order valence-electron chi connectivity index (χ2n) is 4.48. The normalized spacial score (nSPS) is 17.2. The molecule has 2 rings (SSSR count). The van der Waals surface area contributed by atoms with E-state index in [-0.39, 0.29) is 11.8 Å². The van der Waals surface area contributed by atoms with Crippen LogP contribution in [0.1, 0.15) is 25.3 Å². The fraction of sp³-hybridized carbons (Fsp3) is 0.462. The summed E-state index contributed by atoms with van der Waals surface area (Å²) in [7, 11) is 0. The van der Waals surface area contributed by atoms with E-state index >= 15 is 0 Å². The molecular weight excluding hydrogens is 186 g/mol. The van der Waals surface area contributed by atoms with E-state index in [2.05, 4.69) is 5.32 Å². The Labute approximate surface area is 90.7 Å². The first kappa shape index (κ1) is 10.2. The number of amides is 1. The largest absolute Gasteiger partial charge is 0.326 e. The van der Waals surface area contributed by atoms with E-state index in [1.165, 1.54) is 18.4 Å². The summed E-state index contributed by atoms with van der Waals surface area (Å²) in [6.07, 6.45) is 2.42. The van der Waals surface area contributed by atoms with Crippen LogP contribution in [0.15, 0.2) is 24.3 Å². The molecule has 0 aromatic heterocycles. The van der Waals surface area contributed by atoms with Gasteiger partial charge in [-0.25, -0.2) is 0 Å². The number of carbonyl (C=O) groups excluding carboxylic acids is 1. The summed E-state index contributed by atoms with van der Waals surface area (Å²) in [5.41, 5.74) is 2.11. The molecule has 0 heterocycles. The van der Waals surface area contributed by atoms with Crippen LogP contribution in [-0.2, 0) is 4.79 Å². The van der Waals surface area contributed by atoms with Gasteiger partial charge in [0.25, 0.3) is 0 Å². The maximum atomic E-state index is 11.8. The standard InChI is InChI=1S/C13H17NO/c1-9-3-7-12(8-4-9)14-13(15)10(2)11-5-6-11/h3-4,7-8,10-11H,5-6H2,1-2H3,(H,14,15). The lowest BCUT2D eigenvalue weighted by atomic mass is 10.1. The summed E-state index contributed by atoms with van der Waals surface area (Å²) >= 11 is 0. The minimum atomic E-state index is 0.154. The number of anilines is 1. The molecule has 1 aromatic rings. The van der Waals surface area contributed by atoms with Crippen LogP contribution in [0.4, 0.5) is 5.69 Å². The van der Waals surface area contributed by atoms with E-state index in [4.69, 9.17) is 0 Å². The summed E-state index contributed by atoms with van der Waals surface area (Å²) in [5, 5.41) is 2.95. The summed E-state index contributed by atoms with van der Waals surface area (Å²) in [4.78, 5) is 11.8. The molecule has 1 N–H and O–H groups in total. The van der Waals surface area contributed by atoms with Gasteiger partial charge in [-0.3, -0.25) is 4.79 Å². The van der Waals surface area contributed by atoms with E-state index in [0.29, 0.717) is 5.92 Å². The Morgan fingerprint density at radius 2 is 1.93 bits per heavy atom. The van der Waals surface area contributed by atoms with Crippen molar-refractivity contribution in [2.45, 2.75) is 26.7 Å². The zero-order chi connectivity index (χ0) is 10.8. The highest BCUT2D eigenvalue weighted by atomic mass is 16.1. The van der Waals surface area contributed by atoms with Crippen molar-refractivity contribution in [1.82, 2.24) is 0 Å². The topological polar surface area (TPSA) is 29.1 Å². The highest BCUT2D eigenvalue weighted by Gasteiger charge is 2.32. The van der Waals surface area contributed by atoms with Gasteiger partial charge in [-0.1, -0.05) is 24.6 Å². The number of carbonyl (C=O) groups is 1. The van der Waals surface area contributed by atoms with Gasteiger partial charge in [0.15, 0.2) is 0 Å². The van der Waals surface area contributed by atoms with Crippen LogP contribution in [0, 0.1) is 18.8 Å². The highest BCUT2D eigenvalue weighted by molar-refractivity contribution is 5.92. The van der Waals surface area contributed by atoms with Gasteiger partial charge in [0.2, 0.25) is 5.91 Å². The maximum Gasteiger partial charge on any atom is 0.227 e. The molecule has 15 heavy (non-hydrogen) atoms. The zero-order valence-corrected chi connectivity index (χ0v) is 9.29. The summed E-state index contributed by atoms with van der Waals surface area (Å²) in [6, 6.07) is 7.93. The summed E-state index contributed by atoms with van der Waals surface area (Å²) in [5.74, 6) is 0.933. The summed E-state index contributed by atoms with van der Waals surface area (Å²) in [6.45, 7) is 4.06. The van der Waals surface area contributed by atoms with Crippen LogP contribution >= 0.6 is 0 Å². The van der Waals surface area contributed by atoms with E-state index in [9.17, 15) is 4.79 Å². The Morgan fingerprint density at radius 3 is 2.47 bits per heavy atom. The molecule has 1 unspecified atom stereocenters. The number of rotatable bonds is 3. The molecule has 0 radical (unpaired) electrons. The van der Waals surface area contributed by atoms with Crippen LogP contribution in [0.3, 0.4) is 0 Å². The molecule has 1 fully saturated rings. The first-order chi connectivity index (χ1) is 7.16. The number of hydrogen-bond acceptors (Lipinski definition) is 1. The van der Waals surface area contributed by atoms with Crippen molar-refractivity contribution in [1.29, 1.82) is 0 Å². The molecule has 80 valence electrons. The van der Waals surface area contributed by atoms with Crippen LogP contribution < -0.4 is 5.32 Å². The fourth-order valence-corrected chi connectivity index (χ4v) is 1.70. The molecule has 1 amide bonds. The fourth-order valence-electron chi connectivity index (χ4n) is 1.70. The molecule has 0 spiro atoms. The Morgan fingerprint density at radius 1 is 1.33 bits per heavy atom. The quantitative estimate of drug-likeness (QED) is 0.804. The molecule has 1 aliphatic rings. The summed E-state index contributed by atoms with van der Waals surface area (Å²) < 4.78 is 0. The van der Waals surface area contributed by atoms with Crippen molar-refractivity contribution in [3.63, 3.8) is 0 Å². The van der Waals surface area contributed by atoms with Gasteiger partial charge in [-0.05, 0) is 37.8 Å². The molecule has 1 saturated carbocycles. The van der Waals surface area contributed by atoms with E-state index in [1.807, 2.05) is 38.1 Å². The number of aryl methyl sites for hydroxylation is 1. The Kier molecular flexibility index (Phi) is 2.76. The average Bonchev–Trinajstić information content (AvgIpc) is 3.04. The van der Waals surface area contributed by atoms with Crippen molar-refractivity contribution in [3.05, 3.63) is 29.8 Å². The molecule has 0 saturated heterocycles. The predicted octanol–water partition coefficient (Wildman–Crippen LogP) is 2.98. The lowest BCUT2D eigenvalue weighted by Gasteiger charge is -2.10. The van der Waals surface area contributed by atoms with Gasteiger partial charge in [0, 0.05) is 11.6 Å². The van der Waals surface area contributed by atoms with Crippen molar-refractivity contribution in [3.8, 4) is 0 Å². The molecule has 1 atom stereocenters. The minimum Gasteiger partial charge on any atom is -0.326 e. The van der Waals surface area contributed by atoms with E-state index in [1.54, 1.807) is 0 Å². The van der Waals surface area contributed by atoms with Gasteiger partial charge >= 0.3 is 0 Å². The van der Waals surface area contributed by atoms with Crippen molar-refractivity contribution < 1.29 is 4.79 Å². The Bertz CT molecular complexity index is 351. The SMILES string of the molecule is Cc1ccc(NC(=O)C(C)C2CC2)cc1. The predicted molar refractivity (Wildman–Crippen MR) is 61.7 cm³/mol. The van der Waals surface area contributed by atoms with Crippen LogP contribution in [0.5, 0.6) is 0 Å². The van der Waals surface area contributed by atoms with E-state index in [0.717, 1.165) is 5.69 Å². The van der Waals surface area contributed by atoms with E-state index < -0.39 is 0 Å². The average molecular weight is 203 g/mol. The van der Waals surface area contributed by atoms with Gasteiger partial charge in [-0.2, -0.15) is 0 Å². The van der Waals surface area contributed by atoms with Crippen molar-refractivity contribution in [2.75, 3.05) is 5.32 Å². The smallest absolute Gasteiger partial charge is 0.227 e. The molecule has 1 aromatic carbocycles. The molecule has 1 aliphatic carbocycles. The molecular formula is C13H17NO. The van der Waals surface area contributed by atoms with Crippen LogP contribution in [0.25, 0.3) is 0 Å². The monoisotopic (exact) mass is 203 g/mol. The second-order valence-corrected chi connectivity index (χ2v) is 4.48. The van der Waals surface area contributed by atoms with Gasteiger partial charge in [-0.15, -0.1) is 0 Å². The molecule has 2 heteroatoms. The number of nitrogens with one attached hydrogen (secondary N) is 1. The lowest BCUT2D eigenvalue weighted by molar-refractivity contribution is -0.119. The third-order valence-corrected chi connectivity index (χ3v) is 3.06. The Hall–Kier alpha value is -1.31. The van der Waals surface area contributed by atoms with Gasteiger partial charge < -0.3 is 5.32 Å².